The number of hydrogen-bond acceptors (Lipinski definition) is 2. The van der Waals surface area contributed by atoms with Gasteiger partial charge in [-0.3, -0.25) is 0 Å². The van der Waals surface area contributed by atoms with E-state index in [0.717, 1.165) is 41.5 Å². The fourth-order valence-electron chi connectivity index (χ4n) is 2.99. The highest BCUT2D eigenvalue weighted by atomic mass is 35.5. The van der Waals surface area contributed by atoms with Gasteiger partial charge in [0.1, 0.15) is 11.6 Å². The molecule has 106 valence electrons. The smallest absolute Gasteiger partial charge is 0.123 e. The highest BCUT2D eigenvalue weighted by molar-refractivity contribution is 6.30. The maximum absolute atomic E-state index is 6.12. The summed E-state index contributed by atoms with van der Waals surface area (Å²) in [5.41, 5.74) is 3.76. The normalized spacial score (nSPS) is 14.2. The number of ether oxygens (including phenoxy) is 1. The van der Waals surface area contributed by atoms with Crippen molar-refractivity contribution in [3.63, 3.8) is 0 Å². The third kappa shape index (κ3) is 2.42. The van der Waals surface area contributed by atoms with E-state index in [9.17, 15) is 0 Å². The lowest BCUT2D eigenvalue weighted by Gasteiger charge is -2.16. The number of aromatic nitrogens is 2. The van der Waals surface area contributed by atoms with Crippen molar-refractivity contribution in [2.75, 3.05) is 7.11 Å². The SMILES string of the molecule is COc1ccc(Cl)cc1Cn1c(C)nc2c1CCCC2. The first-order valence-electron chi connectivity index (χ1n) is 7.06. The largest absolute Gasteiger partial charge is 0.496 e. The number of imidazole rings is 1. The lowest BCUT2D eigenvalue weighted by Crippen LogP contribution is -2.11. The molecule has 0 aliphatic heterocycles. The van der Waals surface area contributed by atoms with E-state index in [1.807, 2.05) is 18.2 Å². The van der Waals surface area contributed by atoms with E-state index in [0.29, 0.717) is 0 Å². The Morgan fingerprint density at radius 2 is 2.10 bits per heavy atom. The maximum Gasteiger partial charge on any atom is 0.123 e. The van der Waals surface area contributed by atoms with Crippen LogP contribution < -0.4 is 4.74 Å². The number of methoxy groups -OCH3 is 1. The van der Waals surface area contributed by atoms with E-state index in [-0.39, 0.29) is 0 Å². The van der Waals surface area contributed by atoms with Crippen LogP contribution >= 0.6 is 11.6 Å². The third-order valence-corrected chi connectivity index (χ3v) is 4.23. The highest BCUT2D eigenvalue weighted by Crippen LogP contribution is 2.27. The molecule has 4 heteroatoms. The van der Waals surface area contributed by atoms with Crippen LogP contribution in [0.4, 0.5) is 0 Å². The molecule has 1 heterocycles. The van der Waals surface area contributed by atoms with E-state index in [1.165, 1.54) is 24.2 Å². The fourth-order valence-corrected chi connectivity index (χ4v) is 3.18. The van der Waals surface area contributed by atoms with Crippen molar-refractivity contribution >= 4 is 11.6 Å². The van der Waals surface area contributed by atoms with Crippen molar-refractivity contribution in [1.29, 1.82) is 0 Å². The van der Waals surface area contributed by atoms with Crippen LogP contribution in [0.15, 0.2) is 18.2 Å². The van der Waals surface area contributed by atoms with Gasteiger partial charge in [-0.25, -0.2) is 4.98 Å². The number of nitrogens with zero attached hydrogens (tertiary/aromatic N) is 2. The number of fused-ring (bicyclic) bond motifs is 1. The minimum absolute atomic E-state index is 0.743. The first-order chi connectivity index (χ1) is 9.69. The van der Waals surface area contributed by atoms with Gasteiger partial charge in [0.25, 0.3) is 0 Å². The Morgan fingerprint density at radius 1 is 1.30 bits per heavy atom. The Labute approximate surface area is 124 Å². The van der Waals surface area contributed by atoms with Crippen molar-refractivity contribution in [2.45, 2.75) is 39.2 Å². The average molecular weight is 291 g/mol. The fraction of sp³-hybridized carbons (Fsp3) is 0.438. The summed E-state index contributed by atoms with van der Waals surface area (Å²) in [6.45, 7) is 2.85. The molecule has 2 aromatic rings. The van der Waals surface area contributed by atoms with Crippen LogP contribution in [0.3, 0.4) is 0 Å². The summed E-state index contributed by atoms with van der Waals surface area (Å²) in [4.78, 5) is 4.71. The van der Waals surface area contributed by atoms with Gasteiger partial charge in [-0.1, -0.05) is 11.6 Å². The molecule has 0 spiro atoms. The summed E-state index contributed by atoms with van der Waals surface area (Å²) in [7, 11) is 1.70. The molecular formula is C16H19ClN2O. The van der Waals surface area contributed by atoms with Crippen LogP contribution in [0.25, 0.3) is 0 Å². The molecule has 0 bridgehead atoms. The minimum atomic E-state index is 0.743. The molecule has 0 fully saturated rings. The lowest BCUT2D eigenvalue weighted by atomic mass is 10.0. The Balaban J connectivity index is 1.99. The predicted molar refractivity (Wildman–Crippen MR) is 80.7 cm³/mol. The van der Waals surface area contributed by atoms with Gasteiger partial charge in [-0.2, -0.15) is 0 Å². The predicted octanol–water partition coefficient (Wildman–Crippen LogP) is 3.78. The standard InChI is InChI=1S/C16H19ClN2O/c1-11-18-14-5-3-4-6-15(14)19(11)10-12-9-13(17)7-8-16(12)20-2/h7-9H,3-6,10H2,1-2H3. The van der Waals surface area contributed by atoms with Crippen LogP contribution in [0.5, 0.6) is 5.75 Å². The summed E-state index contributed by atoms with van der Waals surface area (Å²) >= 11 is 6.12. The third-order valence-electron chi connectivity index (χ3n) is 3.99. The molecule has 0 radical (unpaired) electrons. The van der Waals surface area contributed by atoms with Gasteiger partial charge in [-0.15, -0.1) is 0 Å². The average Bonchev–Trinajstić information content (AvgIpc) is 2.76. The van der Waals surface area contributed by atoms with Gasteiger partial charge < -0.3 is 9.30 Å². The first kappa shape index (κ1) is 13.5. The Morgan fingerprint density at radius 3 is 2.90 bits per heavy atom. The van der Waals surface area contributed by atoms with Crippen molar-refractivity contribution in [3.8, 4) is 5.75 Å². The first-order valence-corrected chi connectivity index (χ1v) is 7.44. The van der Waals surface area contributed by atoms with Crippen molar-refractivity contribution in [2.24, 2.45) is 0 Å². The highest BCUT2D eigenvalue weighted by Gasteiger charge is 2.19. The zero-order chi connectivity index (χ0) is 14.1. The number of hydrogen-bond donors (Lipinski definition) is 0. The van der Waals surface area contributed by atoms with Crippen LogP contribution in [0.2, 0.25) is 5.02 Å². The second-order valence-electron chi connectivity index (χ2n) is 5.30. The van der Waals surface area contributed by atoms with Gasteiger partial charge in [-0.05, 0) is 50.8 Å². The van der Waals surface area contributed by atoms with Gasteiger partial charge in [0, 0.05) is 16.3 Å². The molecule has 0 N–H and O–H groups in total. The summed E-state index contributed by atoms with van der Waals surface area (Å²) in [5.74, 6) is 1.96. The number of aryl methyl sites for hydroxylation is 2. The Bertz CT molecular complexity index is 634. The van der Waals surface area contributed by atoms with E-state index >= 15 is 0 Å². The molecule has 1 aliphatic rings. The van der Waals surface area contributed by atoms with Crippen molar-refractivity contribution in [3.05, 3.63) is 46.0 Å². The molecule has 3 nitrogen and oxygen atoms in total. The minimum Gasteiger partial charge on any atom is -0.496 e. The molecule has 3 rings (SSSR count). The van der Waals surface area contributed by atoms with Gasteiger partial charge in [0.2, 0.25) is 0 Å². The summed E-state index contributed by atoms with van der Waals surface area (Å²) in [6.07, 6.45) is 4.74. The zero-order valence-corrected chi connectivity index (χ0v) is 12.7. The van der Waals surface area contributed by atoms with Crippen LogP contribution in [0, 0.1) is 6.92 Å². The number of halogens is 1. The second kappa shape index (κ2) is 5.49. The van der Waals surface area contributed by atoms with Crippen molar-refractivity contribution < 1.29 is 4.74 Å². The van der Waals surface area contributed by atoms with E-state index in [4.69, 9.17) is 21.3 Å². The summed E-state index contributed by atoms with van der Waals surface area (Å²) < 4.78 is 7.75. The molecule has 0 amide bonds. The van der Waals surface area contributed by atoms with E-state index in [1.54, 1.807) is 7.11 Å². The van der Waals surface area contributed by atoms with Crippen molar-refractivity contribution in [1.82, 2.24) is 9.55 Å². The molecule has 0 unspecified atom stereocenters. The van der Waals surface area contributed by atoms with E-state index < -0.39 is 0 Å². The van der Waals surface area contributed by atoms with Crippen LogP contribution in [-0.2, 0) is 19.4 Å². The topological polar surface area (TPSA) is 27.1 Å². The molecule has 1 aliphatic carbocycles. The van der Waals surface area contributed by atoms with Crippen LogP contribution in [0.1, 0.15) is 35.6 Å². The molecule has 1 aromatic carbocycles. The summed E-state index contributed by atoms with van der Waals surface area (Å²) in [6, 6.07) is 5.77. The Kier molecular flexibility index (Phi) is 3.70. The quantitative estimate of drug-likeness (QED) is 0.860. The number of rotatable bonds is 3. The molecular weight excluding hydrogens is 272 g/mol. The molecule has 0 atom stereocenters. The monoisotopic (exact) mass is 290 g/mol. The Hall–Kier alpha value is -1.48. The zero-order valence-electron chi connectivity index (χ0n) is 11.9. The summed E-state index contributed by atoms with van der Waals surface area (Å²) in [5, 5.41) is 0.743. The molecule has 0 saturated heterocycles. The molecule has 20 heavy (non-hydrogen) atoms. The maximum atomic E-state index is 6.12. The molecule has 1 aromatic heterocycles. The molecule has 0 saturated carbocycles. The van der Waals surface area contributed by atoms with Crippen LogP contribution in [-0.4, -0.2) is 16.7 Å². The lowest BCUT2D eigenvalue weighted by molar-refractivity contribution is 0.408. The van der Waals surface area contributed by atoms with E-state index in [2.05, 4.69) is 11.5 Å². The van der Waals surface area contributed by atoms with Gasteiger partial charge in [0.15, 0.2) is 0 Å². The second-order valence-corrected chi connectivity index (χ2v) is 5.74. The number of benzene rings is 1. The van der Waals surface area contributed by atoms with Gasteiger partial charge in [0.05, 0.1) is 19.3 Å². The van der Waals surface area contributed by atoms with Gasteiger partial charge >= 0.3 is 0 Å².